The van der Waals surface area contributed by atoms with E-state index in [1.54, 1.807) is 0 Å². The minimum absolute atomic E-state index is 0.808. The van der Waals surface area contributed by atoms with Crippen LogP contribution in [-0.2, 0) is 0 Å². The zero-order valence-corrected chi connectivity index (χ0v) is 10.1. The van der Waals surface area contributed by atoms with Gasteiger partial charge in [0, 0.05) is 5.69 Å². The van der Waals surface area contributed by atoms with Gasteiger partial charge in [-0.3, -0.25) is 0 Å². The number of carbonyl (C=O) groups is 1. The first-order chi connectivity index (χ1) is 8.50. The van der Waals surface area contributed by atoms with E-state index in [0.717, 1.165) is 5.69 Å². The van der Waals surface area contributed by atoms with E-state index in [2.05, 4.69) is 49.1 Å². The lowest BCUT2D eigenvalue weighted by atomic mass is 10.0. The Morgan fingerprint density at radius 1 is 1.06 bits per heavy atom. The maximum atomic E-state index is 8.78. The molecular weight excluding hydrogens is 228 g/mol. The zero-order valence-electron chi connectivity index (χ0n) is 10.1. The Morgan fingerprint density at radius 3 is 2.06 bits per heavy atom. The summed E-state index contributed by atoms with van der Waals surface area (Å²) in [5, 5.41) is 7.19. The van der Waals surface area contributed by atoms with Gasteiger partial charge in [-0.05, 0) is 35.7 Å². The van der Waals surface area contributed by atoms with Gasteiger partial charge in [0.1, 0.15) is 0 Å². The summed E-state index contributed by atoms with van der Waals surface area (Å²) in [6.07, 6.45) is -1.33. The van der Waals surface area contributed by atoms with E-state index < -0.39 is 6.09 Å². The molecule has 0 aliphatic heterocycles. The Balaban J connectivity index is 0.000000357. The van der Waals surface area contributed by atoms with Crippen LogP contribution in [0.4, 0.5) is 10.5 Å². The number of benzene rings is 2. The number of anilines is 1. The Hall–Kier alpha value is -2.49. The third-order valence-corrected chi connectivity index (χ3v) is 2.37. The van der Waals surface area contributed by atoms with Crippen molar-refractivity contribution in [3.05, 3.63) is 54.1 Å². The number of rotatable bonds is 1. The molecule has 2 aromatic rings. The van der Waals surface area contributed by atoms with E-state index in [0.29, 0.717) is 0 Å². The van der Waals surface area contributed by atoms with Crippen LogP contribution in [0.5, 0.6) is 0 Å². The van der Waals surface area contributed by atoms with Crippen LogP contribution in [0.15, 0.2) is 48.5 Å². The first-order valence-electron chi connectivity index (χ1n) is 5.40. The maximum Gasteiger partial charge on any atom is 0.402 e. The second kappa shape index (κ2) is 6.30. The predicted molar refractivity (Wildman–Crippen MR) is 73.2 cm³/mol. The van der Waals surface area contributed by atoms with Crippen molar-refractivity contribution in [1.82, 2.24) is 0 Å². The molecule has 4 nitrogen and oxygen atoms in total. The predicted octanol–water partition coefficient (Wildman–Crippen LogP) is 2.87. The average molecular weight is 244 g/mol. The van der Waals surface area contributed by atoms with Gasteiger partial charge in [0.05, 0.1) is 0 Å². The van der Waals surface area contributed by atoms with Gasteiger partial charge in [-0.25, -0.2) is 4.79 Å². The van der Waals surface area contributed by atoms with Crippen LogP contribution in [0.25, 0.3) is 11.1 Å². The van der Waals surface area contributed by atoms with Crippen LogP contribution in [0.1, 0.15) is 5.56 Å². The number of nitrogens with two attached hydrogens (primary N) is 2. The highest BCUT2D eigenvalue weighted by molar-refractivity contribution is 5.68. The first-order valence-corrected chi connectivity index (χ1v) is 5.40. The fourth-order valence-electron chi connectivity index (χ4n) is 1.56. The van der Waals surface area contributed by atoms with E-state index in [4.69, 9.17) is 15.6 Å². The topological polar surface area (TPSA) is 89.3 Å². The van der Waals surface area contributed by atoms with Gasteiger partial charge >= 0.3 is 6.09 Å². The molecule has 0 aromatic heterocycles. The second-order valence-corrected chi connectivity index (χ2v) is 3.78. The molecule has 0 heterocycles. The molecule has 0 saturated carbocycles. The van der Waals surface area contributed by atoms with E-state index in [9.17, 15) is 0 Å². The van der Waals surface area contributed by atoms with Crippen LogP contribution in [0.2, 0.25) is 0 Å². The van der Waals surface area contributed by atoms with Gasteiger partial charge in [0.15, 0.2) is 0 Å². The second-order valence-electron chi connectivity index (χ2n) is 3.78. The molecule has 2 rings (SSSR count). The molecular formula is C14H16N2O2. The van der Waals surface area contributed by atoms with Gasteiger partial charge in [-0.1, -0.05) is 36.4 Å². The summed E-state index contributed by atoms with van der Waals surface area (Å²) in [5.74, 6) is 0. The molecule has 4 heteroatoms. The summed E-state index contributed by atoms with van der Waals surface area (Å²) in [6, 6.07) is 16.3. The third kappa shape index (κ3) is 4.17. The highest BCUT2D eigenvalue weighted by Gasteiger charge is 1.99. The molecule has 0 spiro atoms. The molecule has 0 radical (unpaired) electrons. The molecule has 0 aliphatic rings. The standard InChI is InChI=1S/C13H13N.CH3NO2/c1-10-4-2-3-5-13(10)11-6-8-12(14)9-7-11;2-1(3)4/h2-9H,14H2,1H3;2H2,(H,3,4). The highest BCUT2D eigenvalue weighted by atomic mass is 16.4. The number of primary amides is 1. The summed E-state index contributed by atoms with van der Waals surface area (Å²) in [6.45, 7) is 2.12. The zero-order chi connectivity index (χ0) is 13.5. The van der Waals surface area contributed by atoms with Gasteiger partial charge in [0.25, 0.3) is 0 Å². The summed E-state index contributed by atoms with van der Waals surface area (Å²) >= 11 is 0. The molecule has 18 heavy (non-hydrogen) atoms. The van der Waals surface area contributed by atoms with Crippen molar-refractivity contribution in [1.29, 1.82) is 0 Å². The molecule has 94 valence electrons. The Labute approximate surface area is 106 Å². The molecule has 0 fully saturated rings. The normalized spacial score (nSPS) is 9.17. The van der Waals surface area contributed by atoms with E-state index >= 15 is 0 Å². The number of amides is 1. The fourth-order valence-corrected chi connectivity index (χ4v) is 1.56. The fraction of sp³-hybridized carbons (Fsp3) is 0.0714. The third-order valence-electron chi connectivity index (χ3n) is 2.37. The summed E-state index contributed by atoms with van der Waals surface area (Å²) in [4.78, 5) is 8.78. The van der Waals surface area contributed by atoms with Crippen molar-refractivity contribution in [2.75, 3.05) is 5.73 Å². The van der Waals surface area contributed by atoms with Crippen LogP contribution < -0.4 is 11.5 Å². The van der Waals surface area contributed by atoms with Gasteiger partial charge < -0.3 is 16.6 Å². The molecule has 0 atom stereocenters. The molecule has 0 saturated heterocycles. The minimum atomic E-state index is -1.33. The van der Waals surface area contributed by atoms with Crippen molar-refractivity contribution in [2.45, 2.75) is 6.92 Å². The van der Waals surface area contributed by atoms with Crippen molar-refractivity contribution in [3.63, 3.8) is 0 Å². The first kappa shape index (κ1) is 13.6. The maximum absolute atomic E-state index is 8.78. The number of nitrogen functional groups attached to an aromatic ring is 1. The van der Waals surface area contributed by atoms with E-state index in [1.165, 1.54) is 16.7 Å². The smallest absolute Gasteiger partial charge is 0.402 e. The number of hydrogen-bond acceptors (Lipinski definition) is 2. The molecule has 1 amide bonds. The summed E-state index contributed by atoms with van der Waals surface area (Å²) in [7, 11) is 0. The van der Waals surface area contributed by atoms with Crippen molar-refractivity contribution >= 4 is 11.8 Å². The van der Waals surface area contributed by atoms with Crippen LogP contribution in [0, 0.1) is 6.92 Å². The summed E-state index contributed by atoms with van der Waals surface area (Å²) < 4.78 is 0. The average Bonchev–Trinajstić information content (AvgIpc) is 2.30. The molecule has 0 bridgehead atoms. The van der Waals surface area contributed by atoms with Gasteiger partial charge in [-0.15, -0.1) is 0 Å². The Kier molecular flexibility index (Phi) is 4.75. The lowest BCUT2D eigenvalue weighted by Gasteiger charge is -2.05. The largest absolute Gasteiger partial charge is 0.465 e. The monoisotopic (exact) mass is 244 g/mol. The molecule has 0 aliphatic carbocycles. The van der Waals surface area contributed by atoms with Crippen LogP contribution in [-0.4, -0.2) is 11.2 Å². The highest BCUT2D eigenvalue weighted by Crippen LogP contribution is 2.23. The Bertz CT molecular complexity index is 518. The van der Waals surface area contributed by atoms with Gasteiger partial charge in [0.2, 0.25) is 0 Å². The van der Waals surface area contributed by atoms with Crippen LogP contribution in [0.3, 0.4) is 0 Å². The minimum Gasteiger partial charge on any atom is -0.465 e. The Morgan fingerprint density at radius 2 is 1.56 bits per heavy atom. The van der Waals surface area contributed by atoms with Crippen molar-refractivity contribution < 1.29 is 9.90 Å². The SMILES string of the molecule is Cc1ccccc1-c1ccc(N)cc1.NC(=O)O. The quantitative estimate of drug-likeness (QED) is 0.674. The molecule has 0 unspecified atom stereocenters. The van der Waals surface area contributed by atoms with E-state index in [1.807, 2.05) is 12.1 Å². The molecule has 2 aromatic carbocycles. The van der Waals surface area contributed by atoms with Crippen LogP contribution >= 0.6 is 0 Å². The van der Waals surface area contributed by atoms with Gasteiger partial charge in [-0.2, -0.15) is 0 Å². The summed E-state index contributed by atoms with van der Waals surface area (Å²) in [5.41, 5.74) is 14.3. The number of hydrogen-bond donors (Lipinski definition) is 3. The van der Waals surface area contributed by atoms with E-state index in [-0.39, 0.29) is 0 Å². The van der Waals surface area contributed by atoms with Crippen molar-refractivity contribution in [2.24, 2.45) is 5.73 Å². The lowest BCUT2D eigenvalue weighted by molar-refractivity contribution is 0.205. The molecule has 5 N–H and O–H groups in total. The number of aryl methyl sites for hydroxylation is 1. The number of carboxylic acid groups (broad SMARTS) is 1. The van der Waals surface area contributed by atoms with Crippen molar-refractivity contribution in [3.8, 4) is 11.1 Å². The lowest BCUT2D eigenvalue weighted by Crippen LogP contribution is -2.03.